The van der Waals surface area contributed by atoms with Crippen molar-refractivity contribution >= 4 is 27.6 Å². The fourth-order valence-electron chi connectivity index (χ4n) is 2.45. The van der Waals surface area contributed by atoms with E-state index in [-0.39, 0.29) is 16.8 Å². The highest BCUT2D eigenvalue weighted by Gasteiger charge is 2.23. The van der Waals surface area contributed by atoms with E-state index in [0.29, 0.717) is 11.3 Å². The molecule has 1 fully saturated rings. The van der Waals surface area contributed by atoms with Crippen LogP contribution in [0.2, 0.25) is 0 Å². The van der Waals surface area contributed by atoms with E-state index in [4.69, 9.17) is 9.15 Å². The Morgan fingerprint density at radius 3 is 2.84 bits per heavy atom. The van der Waals surface area contributed by atoms with Crippen molar-refractivity contribution in [1.29, 1.82) is 0 Å². The molecule has 3 rings (SSSR count). The lowest BCUT2D eigenvalue weighted by molar-refractivity contribution is -0.139. The number of esters is 1. The van der Waals surface area contributed by atoms with Crippen molar-refractivity contribution in [2.75, 3.05) is 0 Å². The van der Waals surface area contributed by atoms with Crippen LogP contribution in [0.1, 0.15) is 32.1 Å². The van der Waals surface area contributed by atoms with E-state index in [2.05, 4.69) is 0 Å². The van der Waals surface area contributed by atoms with Crippen molar-refractivity contribution in [3.05, 3.63) is 27.9 Å². The predicted octanol–water partition coefficient (Wildman–Crippen LogP) is 3.34. The molecule has 19 heavy (non-hydrogen) atoms. The Balaban J connectivity index is 1.76. The van der Waals surface area contributed by atoms with Gasteiger partial charge in [0, 0.05) is 6.07 Å². The Morgan fingerprint density at radius 2 is 2.05 bits per heavy atom. The molecular formula is C14H14O4S. The first kappa shape index (κ1) is 12.4. The zero-order valence-corrected chi connectivity index (χ0v) is 11.2. The molecule has 0 bridgehead atoms. The molecule has 2 aromatic rings. The molecule has 0 amide bonds. The number of rotatable bonds is 2. The van der Waals surface area contributed by atoms with Crippen LogP contribution in [0.3, 0.4) is 0 Å². The number of carbonyl (C=O) groups is 1. The first-order valence-electron chi connectivity index (χ1n) is 6.48. The summed E-state index contributed by atoms with van der Waals surface area (Å²) in [6, 6.07) is 5.05. The third-order valence-corrected chi connectivity index (χ3v) is 4.27. The van der Waals surface area contributed by atoms with Crippen molar-refractivity contribution in [1.82, 2.24) is 0 Å². The molecule has 4 nitrogen and oxygen atoms in total. The van der Waals surface area contributed by atoms with E-state index < -0.39 is 0 Å². The average molecular weight is 278 g/mol. The van der Waals surface area contributed by atoms with Crippen molar-refractivity contribution in [2.24, 2.45) is 5.92 Å². The summed E-state index contributed by atoms with van der Waals surface area (Å²) in [6.45, 7) is 0. The topological polar surface area (TPSA) is 56.5 Å². The lowest BCUT2D eigenvalue weighted by Crippen LogP contribution is -2.22. The number of hydrogen-bond donors (Lipinski definition) is 0. The molecule has 0 unspecified atom stereocenters. The lowest BCUT2D eigenvalue weighted by Gasteiger charge is -2.19. The molecule has 1 aromatic carbocycles. The highest BCUT2D eigenvalue weighted by Crippen LogP contribution is 2.27. The van der Waals surface area contributed by atoms with E-state index >= 15 is 0 Å². The Hall–Kier alpha value is -1.62. The standard InChI is InChI=1S/C14H14O4S/c15-13(9-4-2-1-3-5-9)17-10-6-7-12-11(8-10)18-14(16)19-12/h6-9H,1-5H2. The highest BCUT2D eigenvalue weighted by atomic mass is 32.1. The van der Waals surface area contributed by atoms with Crippen LogP contribution >= 0.6 is 11.3 Å². The molecule has 0 N–H and O–H groups in total. The smallest absolute Gasteiger partial charge is 0.396 e. The Labute approximate surface area is 114 Å². The molecular weight excluding hydrogens is 264 g/mol. The quantitative estimate of drug-likeness (QED) is 0.624. The first-order chi connectivity index (χ1) is 9.22. The molecule has 0 atom stereocenters. The van der Waals surface area contributed by atoms with Crippen LogP contribution in [0, 0.1) is 5.92 Å². The van der Waals surface area contributed by atoms with Gasteiger partial charge >= 0.3 is 10.9 Å². The number of fused-ring (bicyclic) bond motifs is 1. The number of carbonyl (C=O) groups excluding carboxylic acids is 1. The average Bonchev–Trinajstić information content (AvgIpc) is 2.79. The fraction of sp³-hybridized carbons (Fsp3) is 0.429. The third-order valence-electron chi connectivity index (χ3n) is 3.46. The van der Waals surface area contributed by atoms with E-state index in [0.717, 1.165) is 41.7 Å². The maximum absolute atomic E-state index is 12.0. The molecule has 1 aliphatic carbocycles. The van der Waals surface area contributed by atoms with Gasteiger partial charge in [0.1, 0.15) is 5.75 Å². The molecule has 1 aliphatic rings. The Bertz CT molecular complexity index is 649. The molecule has 1 heterocycles. The number of hydrogen-bond acceptors (Lipinski definition) is 5. The number of benzene rings is 1. The van der Waals surface area contributed by atoms with Gasteiger partial charge in [-0.1, -0.05) is 30.6 Å². The number of ether oxygens (including phenoxy) is 1. The van der Waals surface area contributed by atoms with Gasteiger partial charge in [-0.3, -0.25) is 4.79 Å². The summed E-state index contributed by atoms with van der Waals surface area (Å²) in [7, 11) is 0. The van der Waals surface area contributed by atoms with Crippen LogP contribution in [-0.4, -0.2) is 5.97 Å². The molecule has 5 heteroatoms. The molecule has 100 valence electrons. The largest absolute Gasteiger partial charge is 0.426 e. The Kier molecular flexibility index (Phi) is 3.38. The van der Waals surface area contributed by atoms with Crippen molar-refractivity contribution < 1.29 is 13.9 Å². The monoisotopic (exact) mass is 278 g/mol. The molecule has 0 saturated heterocycles. The van der Waals surface area contributed by atoms with Gasteiger partial charge in [0.25, 0.3) is 0 Å². The summed E-state index contributed by atoms with van der Waals surface area (Å²) < 4.78 is 11.1. The summed E-state index contributed by atoms with van der Waals surface area (Å²) in [5.74, 6) is 0.292. The minimum absolute atomic E-state index is 0.0129. The summed E-state index contributed by atoms with van der Waals surface area (Å²) in [4.78, 5) is 22.8. The van der Waals surface area contributed by atoms with E-state index in [9.17, 15) is 9.59 Å². The highest BCUT2D eigenvalue weighted by molar-refractivity contribution is 7.16. The first-order valence-corrected chi connectivity index (χ1v) is 7.29. The summed E-state index contributed by atoms with van der Waals surface area (Å²) in [5, 5.41) is 0. The second-order valence-corrected chi connectivity index (χ2v) is 5.80. The summed E-state index contributed by atoms with van der Waals surface area (Å²) in [5.41, 5.74) is 0.476. The van der Waals surface area contributed by atoms with Crippen LogP contribution in [0.25, 0.3) is 10.3 Å². The van der Waals surface area contributed by atoms with Gasteiger partial charge in [-0.25, -0.2) is 4.79 Å². The second-order valence-electron chi connectivity index (χ2n) is 4.82. The zero-order chi connectivity index (χ0) is 13.2. The fourth-order valence-corrected chi connectivity index (χ4v) is 3.10. The minimum atomic E-state index is -0.342. The van der Waals surface area contributed by atoms with E-state index in [1.165, 1.54) is 6.42 Å². The van der Waals surface area contributed by atoms with Crippen LogP contribution in [-0.2, 0) is 4.79 Å². The van der Waals surface area contributed by atoms with Crippen molar-refractivity contribution in [3.63, 3.8) is 0 Å². The second kappa shape index (κ2) is 5.17. The lowest BCUT2D eigenvalue weighted by atomic mass is 9.89. The SMILES string of the molecule is O=C(Oc1ccc2sc(=O)oc2c1)C1CCCCC1. The van der Waals surface area contributed by atoms with Crippen LogP contribution in [0.4, 0.5) is 0 Å². The third kappa shape index (κ3) is 2.71. The summed E-state index contributed by atoms with van der Waals surface area (Å²) in [6.07, 6.45) is 5.22. The van der Waals surface area contributed by atoms with Gasteiger partial charge in [0.2, 0.25) is 0 Å². The predicted molar refractivity (Wildman–Crippen MR) is 72.6 cm³/mol. The van der Waals surface area contributed by atoms with Gasteiger partial charge < -0.3 is 9.15 Å². The van der Waals surface area contributed by atoms with Crippen molar-refractivity contribution in [2.45, 2.75) is 32.1 Å². The van der Waals surface area contributed by atoms with Gasteiger partial charge in [-0.05, 0) is 25.0 Å². The van der Waals surface area contributed by atoms with Crippen molar-refractivity contribution in [3.8, 4) is 5.75 Å². The van der Waals surface area contributed by atoms with Crippen LogP contribution in [0.5, 0.6) is 5.75 Å². The van der Waals surface area contributed by atoms with Crippen LogP contribution in [0.15, 0.2) is 27.4 Å². The van der Waals surface area contributed by atoms with E-state index in [1.807, 2.05) is 0 Å². The zero-order valence-electron chi connectivity index (χ0n) is 10.4. The van der Waals surface area contributed by atoms with E-state index in [1.54, 1.807) is 18.2 Å². The molecule has 1 aromatic heterocycles. The van der Waals surface area contributed by atoms with Gasteiger partial charge in [-0.2, -0.15) is 0 Å². The maximum atomic E-state index is 12.0. The maximum Gasteiger partial charge on any atom is 0.396 e. The molecule has 0 spiro atoms. The normalized spacial score (nSPS) is 16.6. The summed E-state index contributed by atoms with van der Waals surface area (Å²) >= 11 is 1.05. The molecule has 0 aliphatic heterocycles. The minimum Gasteiger partial charge on any atom is -0.426 e. The van der Waals surface area contributed by atoms with Crippen LogP contribution < -0.4 is 9.68 Å². The van der Waals surface area contributed by atoms with Gasteiger partial charge in [0.15, 0.2) is 5.58 Å². The molecule has 1 saturated carbocycles. The van der Waals surface area contributed by atoms with Gasteiger partial charge in [0.05, 0.1) is 10.6 Å². The van der Waals surface area contributed by atoms with Gasteiger partial charge in [-0.15, -0.1) is 0 Å². The Morgan fingerprint density at radius 1 is 1.26 bits per heavy atom. The molecule has 0 radical (unpaired) electrons.